The molecule has 0 fully saturated rings. The number of hydrogen-bond acceptors (Lipinski definition) is 3. The molecule has 0 saturated carbocycles. The molecule has 0 radical (unpaired) electrons. The van der Waals surface area contributed by atoms with Crippen molar-refractivity contribution in [1.82, 2.24) is 9.13 Å². The number of aromatic nitrogens is 2. The lowest BCUT2D eigenvalue weighted by molar-refractivity contribution is -0.736. The van der Waals surface area contributed by atoms with Gasteiger partial charge in [-0.25, -0.2) is 9.63 Å². The van der Waals surface area contributed by atoms with Gasteiger partial charge in [-0.1, -0.05) is 0 Å². The van der Waals surface area contributed by atoms with Gasteiger partial charge in [0, 0.05) is 26.2 Å². The molecule has 2 aromatic rings. The second-order valence-electron chi connectivity index (χ2n) is 3.51. The molecule has 0 saturated heterocycles. The summed E-state index contributed by atoms with van der Waals surface area (Å²) in [5.41, 5.74) is 1.71. The van der Waals surface area contributed by atoms with Crippen LogP contribution < -0.4 is 5.69 Å². The Morgan fingerprint density at radius 2 is 1.81 bits per heavy atom. The summed E-state index contributed by atoms with van der Waals surface area (Å²) in [6, 6.07) is 4.95. The Labute approximate surface area is 91.2 Å². The standard InChI is InChI=1S/C10H12N3O3/c1-11-8-5-4-7(13(15)16-3)6-9(8)12(2)10(11)14/h4-6H,1-3H3/q+1. The molecular formula is C10H12N3O3+. The highest BCUT2D eigenvalue weighted by atomic mass is 16.8. The number of fused-ring (bicyclic) bond motifs is 1. The van der Waals surface area contributed by atoms with E-state index in [0.717, 1.165) is 5.52 Å². The van der Waals surface area contributed by atoms with Gasteiger partial charge >= 0.3 is 11.4 Å². The molecular weight excluding hydrogens is 210 g/mol. The fourth-order valence-corrected chi connectivity index (χ4v) is 1.71. The molecule has 1 aromatic heterocycles. The van der Waals surface area contributed by atoms with Crippen LogP contribution in [0.4, 0.5) is 5.69 Å². The van der Waals surface area contributed by atoms with Crippen molar-refractivity contribution < 1.29 is 9.76 Å². The van der Waals surface area contributed by atoms with Crippen LogP contribution in [0.25, 0.3) is 11.0 Å². The molecule has 2 rings (SSSR count). The largest absolute Gasteiger partial charge is 0.328 e. The average Bonchev–Trinajstić information content (AvgIpc) is 2.53. The van der Waals surface area contributed by atoms with E-state index in [0.29, 0.717) is 16.1 Å². The first-order chi connectivity index (χ1) is 7.56. The van der Waals surface area contributed by atoms with Crippen LogP contribution in [0.1, 0.15) is 0 Å². The Morgan fingerprint density at radius 1 is 1.19 bits per heavy atom. The third-order valence-electron chi connectivity index (χ3n) is 2.63. The zero-order valence-corrected chi connectivity index (χ0v) is 9.30. The number of imidazole rings is 1. The summed E-state index contributed by atoms with van der Waals surface area (Å²) in [5.74, 6) is 0. The van der Waals surface area contributed by atoms with E-state index in [2.05, 4.69) is 4.84 Å². The van der Waals surface area contributed by atoms with Gasteiger partial charge in [-0.2, -0.15) is 0 Å². The van der Waals surface area contributed by atoms with Gasteiger partial charge in [0.2, 0.25) is 0 Å². The topological polar surface area (TPSA) is 56.2 Å². The van der Waals surface area contributed by atoms with E-state index < -0.39 is 0 Å². The van der Waals surface area contributed by atoms with Crippen LogP contribution in [0, 0.1) is 4.91 Å². The average molecular weight is 222 g/mol. The third-order valence-corrected chi connectivity index (χ3v) is 2.63. The highest BCUT2D eigenvalue weighted by Gasteiger charge is 2.17. The maximum Gasteiger partial charge on any atom is 0.328 e. The molecule has 16 heavy (non-hydrogen) atoms. The molecule has 6 nitrogen and oxygen atoms in total. The summed E-state index contributed by atoms with van der Waals surface area (Å²) in [6.07, 6.45) is 0. The van der Waals surface area contributed by atoms with E-state index >= 15 is 0 Å². The van der Waals surface area contributed by atoms with Gasteiger partial charge in [0.25, 0.3) is 4.92 Å². The van der Waals surface area contributed by atoms with Crippen molar-refractivity contribution in [3.8, 4) is 0 Å². The normalized spacial score (nSPS) is 10.7. The minimum absolute atomic E-state index is 0.123. The lowest BCUT2D eigenvalue weighted by Gasteiger charge is -1.93. The molecule has 1 aromatic carbocycles. The summed E-state index contributed by atoms with van der Waals surface area (Å²) in [7, 11) is 4.65. The fraction of sp³-hybridized carbons (Fsp3) is 0.300. The number of hydrogen-bond donors (Lipinski definition) is 0. The van der Waals surface area contributed by atoms with Crippen molar-refractivity contribution in [2.75, 3.05) is 7.11 Å². The maximum absolute atomic E-state index is 11.6. The van der Waals surface area contributed by atoms with Crippen LogP contribution in [0.5, 0.6) is 0 Å². The van der Waals surface area contributed by atoms with Gasteiger partial charge in [-0.15, -0.1) is 0 Å². The number of aryl methyl sites for hydroxylation is 2. The minimum Gasteiger partial charge on any atom is -0.295 e. The Hall–Kier alpha value is -2.11. The molecule has 6 heteroatoms. The second-order valence-corrected chi connectivity index (χ2v) is 3.51. The first kappa shape index (κ1) is 10.4. The van der Waals surface area contributed by atoms with Gasteiger partial charge < -0.3 is 0 Å². The van der Waals surface area contributed by atoms with Crippen molar-refractivity contribution in [3.05, 3.63) is 33.6 Å². The molecule has 0 bridgehead atoms. The van der Waals surface area contributed by atoms with Gasteiger partial charge in [0.1, 0.15) is 0 Å². The van der Waals surface area contributed by atoms with Gasteiger partial charge in [-0.3, -0.25) is 9.13 Å². The van der Waals surface area contributed by atoms with Crippen molar-refractivity contribution in [1.29, 1.82) is 0 Å². The lowest BCUT2D eigenvalue weighted by atomic mass is 10.3. The van der Waals surface area contributed by atoms with Crippen molar-refractivity contribution in [2.45, 2.75) is 0 Å². The molecule has 0 N–H and O–H groups in total. The minimum atomic E-state index is -0.123. The van der Waals surface area contributed by atoms with Crippen LogP contribution in [0.2, 0.25) is 0 Å². The van der Waals surface area contributed by atoms with Gasteiger partial charge in [0.15, 0.2) is 7.11 Å². The van der Waals surface area contributed by atoms with Crippen molar-refractivity contribution >= 4 is 16.7 Å². The van der Waals surface area contributed by atoms with Crippen LogP contribution in [0.15, 0.2) is 23.0 Å². The smallest absolute Gasteiger partial charge is 0.295 e. The Kier molecular flexibility index (Phi) is 2.26. The zero-order valence-electron chi connectivity index (χ0n) is 9.30. The monoisotopic (exact) mass is 222 g/mol. The van der Waals surface area contributed by atoms with E-state index in [9.17, 15) is 9.70 Å². The van der Waals surface area contributed by atoms with Crippen molar-refractivity contribution in [3.63, 3.8) is 0 Å². The second kappa shape index (κ2) is 3.48. The van der Waals surface area contributed by atoms with E-state index in [4.69, 9.17) is 0 Å². The molecule has 0 atom stereocenters. The van der Waals surface area contributed by atoms with E-state index in [1.165, 1.54) is 16.2 Å². The highest BCUT2D eigenvalue weighted by Crippen LogP contribution is 2.19. The third kappa shape index (κ3) is 1.30. The molecule has 84 valence electrons. The predicted molar refractivity (Wildman–Crippen MR) is 58.5 cm³/mol. The molecule has 0 spiro atoms. The SMILES string of the molecule is CO[N+](=O)c1ccc2c(c1)n(C)c(=O)n2C. The molecule has 0 unspecified atom stereocenters. The first-order valence-electron chi connectivity index (χ1n) is 4.73. The fourth-order valence-electron chi connectivity index (χ4n) is 1.71. The summed E-state index contributed by atoms with van der Waals surface area (Å²) >= 11 is 0. The molecule has 0 aliphatic rings. The molecule has 0 aliphatic carbocycles. The van der Waals surface area contributed by atoms with E-state index in [1.807, 2.05) is 0 Å². The molecule has 0 amide bonds. The Bertz CT molecular complexity index is 624. The van der Waals surface area contributed by atoms with E-state index in [1.54, 1.807) is 32.3 Å². The highest BCUT2D eigenvalue weighted by molar-refractivity contribution is 5.78. The number of nitrogens with zero attached hydrogens (tertiary/aromatic N) is 3. The molecule has 1 heterocycles. The zero-order chi connectivity index (χ0) is 11.9. The van der Waals surface area contributed by atoms with E-state index in [-0.39, 0.29) is 5.69 Å². The summed E-state index contributed by atoms with van der Waals surface area (Å²) in [5, 5.41) is 0. The van der Waals surface area contributed by atoms with Crippen molar-refractivity contribution in [2.24, 2.45) is 14.1 Å². The number of rotatable bonds is 2. The van der Waals surface area contributed by atoms with Gasteiger partial charge in [0.05, 0.1) is 15.9 Å². The summed E-state index contributed by atoms with van der Waals surface area (Å²) < 4.78 is 3.02. The summed E-state index contributed by atoms with van der Waals surface area (Å²) in [4.78, 5) is 27.8. The van der Waals surface area contributed by atoms with Crippen LogP contribution in [0.3, 0.4) is 0 Å². The Balaban J connectivity index is 2.76. The molecule has 0 aliphatic heterocycles. The van der Waals surface area contributed by atoms with Crippen LogP contribution in [-0.4, -0.2) is 21.2 Å². The summed E-state index contributed by atoms with van der Waals surface area (Å²) in [6.45, 7) is 0. The van der Waals surface area contributed by atoms with Gasteiger partial charge in [-0.05, 0) is 6.07 Å². The van der Waals surface area contributed by atoms with Crippen LogP contribution in [-0.2, 0) is 18.9 Å². The first-order valence-corrected chi connectivity index (χ1v) is 4.73. The predicted octanol–water partition coefficient (Wildman–Crippen LogP) is 0.849. The van der Waals surface area contributed by atoms with Crippen LogP contribution >= 0.6 is 0 Å². The number of benzene rings is 1. The Morgan fingerprint density at radius 3 is 2.44 bits per heavy atom. The lowest BCUT2D eigenvalue weighted by Crippen LogP contribution is -2.19. The maximum atomic E-state index is 11.6. The quantitative estimate of drug-likeness (QED) is 0.708.